The third-order valence-electron chi connectivity index (χ3n) is 2.04. The van der Waals surface area contributed by atoms with E-state index in [0.717, 1.165) is 18.2 Å². The van der Waals surface area contributed by atoms with Gasteiger partial charge in [0, 0.05) is 6.07 Å². The fourth-order valence-electron chi connectivity index (χ4n) is 1.17. The van der Waals surface area contributed by atoms with Gasteiger partial charge in [0.2, 0.25) is 5.95 Å². The van der Waals surface area contributed by atoms with Crippen LogP contribution in [0, 0.1) is 18.6 Å². The molecule has 0 spiro atoms. The summed E-state index contributed by atoms with van der Waals surface area (Å²) in [4.78, 5) is 13.6. The predicted molar refractivity (Wildman–Crippen MR) is 57.0 cm³/mol. The van der Waals surface area contributed by atoms with Crippen LogP contribution >= 0.6 is 0 Å². The van der Waals surface area contributed by atoms with Crippen molar-refractivity contribution in [3.8, 4) is 0 Å². The van der Waals surface area contributed by atoms with Crippen LogP contribution in [0.4, 0.5) is 20.4 Å². The van der Waals surface area contributed by atoms with Crippen molar-refractivity contribution in [1.29, 1.82) is 0 Å². The van der Waals surface area contributed by atoms with Crippen molar-refractivity contribution >= 4 is 11.6 Å². The van der Waals surface area contributed by atoms with Crippen molar-refractivity contribution in [1.82, 2.24) is 15.2 Å². The summed E-state index contributed by atoms with van der Waals surface area (Å²) in [6.45, 7) is 1.48. The van der Waals surface area contributed by atoms with Crippen LogP contribution in [0.15, 0.2) is 23.0 Å². The molecule has 1 aromatic heterocycles. The average Bonchev–Trinajstić information content (AvgIpc) is 2.29. The molecule has 2 aromatic rings. The van der Waals surface area contributed by atoms with Crippen LogP contribution in [0.3, 0.4) is 0 Å². The van der Waals surface area contributed by atoms with E-state index in [0.29, 0.717) is 0 Å². The van der Waals surface area contributed by atoms with Crippen LogP contribution in [-0.2, 0) is 0 Å². The van der Waals surface area contributed by atoms with Gasteiger partial charge in [-0.1, -0.05) is 0 Å². The van der Waals surface area contributed by atoms with Crippen molar-refractivity contribution in [2.45, 2.75) is 6.92 Å². The molecule has 0 saturated heterocycles. The average molecular weight is 238 g/mol. The molecule has 0 fully saturated rings. The fraction of sp³-hybridized carbons (Fsp3) is 0.100. The Kier molecular flexibility index (Phi) is 2.82. The second-order valence-corrected chi connectivity index (χ2v) is 3.34. The molecule has 1 aromatic carbocycles. The van der Waals surface area contributed by atoms with E-state index in [1.165, 1.54) is 6.92 Å². The van der Waals surface area contributed by atoms with Gasteiger partial charge in [-0.15, -0.1) is 10.2 Å². The fourth-order valence-corrected chi connectivity index (χ4v) is 1.17. The Balaban J connectivity index is 2.34. The summed E-state index contributed by atoms with van der Waals surface area (Å²) in [7, 11) is 0. The summed E-state index contributed by atoms with van der Waals surface area (Å²) in [6, 6.07) is 2.91. The Labute approximate surface area is 94.5 Å². The lowest BCUT2D eigenvalue weighted by atomic mass is 10.3. The van der Waals surface area contributed by atoms with Gasteiger partial charge in [-0.3, -0.25) is 9.78 Å². The van der Waals surface area contributed by atoms with Gasteiger partial charge in [0.15, 0.2) is 0 Å². The zero-order chi connectivity index (χ0) is 12.4. The number of benzene rings is 1. The van der Waals surface area contributed by atoms with Crippen LogP contribution in [0.25, 0.3) is 0 Å². The van der Waals surface area contributed by atoms with Gasteiger partial charge in [0.1, 0.15) is 17.3 Å². The Morgan fingerprint density at radius 3 is 2.76 bits per heavy atom. The van der Waals surface area contributed by atoms with E-state index in [9.17, 15) is 13.6 Å². The lowest BCUT2D eigenvalue weighted by molar-refractivity contribution is 0.603. The maximum Gasteiger partial charge on any atom is 0.273 e. The minimum atomic E-state index is -0.658. The Morgan fingerprint density at radius 1 is 1.29 bits per heavy atom. The minimum Gasteiger partial charge on any atom is -0.322 e. The molecule has 0 atom stereocenters. The van der Waals surface area contributed by atoms with Gasteiger partial charge in [0.05, 0.1) is 5.69 Å². The zero-order valence-electron chi connectivity index (χ0n) is 8.79. The Hall–Kier alpha value is -2.31. The van der Waals surface area contributed by atoms with Crippen molar-refractivity contribution < 1.29 is 8.78 Å². The molecule has 0 amide bonds. The Bertz CT molecular complexity index is 611. The van der Waals surface area contributed by atoms with E-state index < -0.39 is 17.2 Å². The standard InChI is InChI=1S/C10H8F2N4O/c1-5-9(17)14-10(16-15-5)13-8-4-6(11)2-3-7(8)12/h2-4H,1H3,(H2,13,14,16,17). The molecule has 0 unspecified atom stereocenters. The first kappa shape index (κ1) is 11.2. The summed E-state index contributed by atoms with van der Waals surface area (Å²) >= 11 is 0. The predicted octanol–water partition coefficient (Wildman–Crippen LogP) is 1.50. The number of aryl methyl sites for hydroxylation is 1. The summed E-state index contributed by atoms with van der Waals surface area (Å²) in [6.07, 6.45) is 0. The van der Waals surface area contributed by atoms with Crippen LogP contribution in [0.1, 0.15) is 5.69 Å². The van der Waals surface area contributed by atoms with Gasteiger partial charge in [0.25, 0.3) is 5.56 Å². The topological polar surface area (TPSA) is 70.7 Å². The zero-order valence-corrected chi connectivity index (χ0v) is 8.79. The number of aromatic nitrogens is 3. The first-order chi connectivity index (χ1) is 8.06. The number of anilines is 2. The van der Waals surface area contributed by atoms with Gasteiger partial charge in [-0.2, -0.15) is 0 Å². The highest BCUT2D eigenvalue weighted by molar-refractivity contribution is 5.53. The van der Waals surface area contributed by atoms with Crippen LogP contribution < -0.4 is 10.9 Å². The van der Waals surface area contributed by atoms with E-state index in [2.05, 4.69) is 20.5 Å². The molecular formula is C10H8F2N4O. The number of hydrogen-bond acceptors (Lipinski definition) is 4. The molecule has 7 heteroatoms. The van der Waals surface area contributed by atoms with Crippen molar-refractivity contribution in [2.75, 3.05) is 5.32 Å². The summed E-state index contributed by atoms with van der Waals surface area (Å²) < 4.78 is 26.1. The molecule has 2 N–H and O–H groups in total. The van der Waals surface area contributed by atoms with Crippen molar-refractivity contribution in [3.05, 3.63) is 45.9 Å². The largest absolute Gasteiger partial charge is 0.322 e. The molecule has 0 radical (unpaired) electrons. The van der Waals surface area contributed by atoms with Gasteiger partial charge in [-0.05, 0) is 19.1 Å². The molecule has 0 aliphatic carbocycles. The van der Waals surface area contributed by atoms with Gasteiger partial charge >= 0.3 is 0 Å². The van der Waals surface area contributed by atoms with E-state index >= 15 is 0 Å². The van der Waals surface area contributed by atoms with E-state index in [1.807, 2.05) is 0 Å². The van der Waals surface area contributed by atoms with Crippen molar-refractivity contribution in [3.63, 3.8) is 0 Å². The number of hydrogen-bond donors (Lipinski definition) is 2. The SMILES string of the molecule is Cc1nnc(Nc2cc(F)ccc2F)[nH]c1=O. The lowest BCUT2D eigenvalue weighted by Gasteiger charge is -2.05. The van der Waals surface area contributed by atoms with Gasteiger partial charge in [-0.25, -0.2) is 8.78 Å². The molecule has 0 aliphatic heterocycles. The number of rotatable bonds is 2. The third kappa shape index (κ3) is 2.44. The summed E-state index contributed by atoms with van der Waals surface area (Å²) in [5.41, 5.74) is -0.381. The Morgan fingerprint density at radius 2 is 2.06 bits per heavy atom. The second kappa shape index (κ2) is 4.28. The number of nitrogens with one attached hydrogen (secondary N) is 2. The van der Waals surface area contributed by atoms with Crippen LogP contribution in [-0.4, -0.2) is 15.2 Å². The number of aromatic amines is 1. The van der Waals surface area contributed by atoms with Crippen molar-refractivity contribution in [2.24, 2.45) is 0 Å². The highest BCUT2D eigenvalue weighted by atomic mass is 19.1. The molecular weight excluding hydrogens is 230 g/mol. The number of nitrogens with zero attached hydrogens (tertiary/aromatic N) is 2. The molecule has 17 heavy (non-hydrogen) atoms. The highest BCUT2D eigenvalue weighted by Gasteiger charge is 2.06. The number of halogens is 2. The first-order valence-corrected chi connectivity index (χ1v) is 4.72. The maximum atomic E-state index is 13.3. The third-order valence-corrected chi connectivity index (χ3v) is 2.04. The van der Waals surface area contributed by atoms with Gasteiger partial charge < -0.3 is 5.32 Å². The second-order valence-electron chi connectivity index (χ2n) is 3.34. The van der Waals surface area contributed by atoms with Crippen LogP contribution in [0.5, 0.6) is 0 Å². The number of H-pyrrole nitrogens is 1. The lowest BCUT2D eigenvalue weighted by Crippen LogP contribution is -2.15. The summed E-state index contributed by atoms with van der Waals surface area (Å²) in [5.74, 6) is -1.31. The monoisotopic (exact) mass is 238 g/mol. The van der Waals surface area contributed by atoms with E-state index in [1.54, 1.807) is 0 Å². The molecule has 2 rings (SSSR count). The highest BCUT2D eigenvalue weighted by Crippen LogP contribution is 2.17. The molecule has 5 nitrogen and oxygen atoms in total. The maximum absolute atomic E-state index is 13.3. The quantitative estimate of drug-likeness (QED) is 0.831. The minimum absolute atomic E-state index is 0.0508. The summed E-state index contributed by atoms with van der Waals surface area (Å²) in [5, 5.41) is 9.59. The molecule has 88 valence electrons. The molecule has 0 bridgehead atoms. The van der Waals surface area contributed by atoms with E-state index in [-0.39, 0.29) is 17.3 Å². The smallest absolute Gasteiger partial charge is 0.273 e. The van der Waals surface area contributed by atoms with E-state index in [4.69, 9.17) is 0 Å². The first-order valence-electron chi connectivity index (χ1n) is 4.72. The normalized spacial score (nSPS) is 10.3. The van der Waals surface area contributed by atoms with Crippen LogP contribution in [0.2, 0.25) is 0 Å². The molecule has 1 heterocycles. The molecule has 0 aliphatic rings. The molecule has 0 saturated carbocycles.